The van der Waals surface area contributed by atoms with Gasteiger partial charge in [-0.1, -0.05) is 19.9 Å². The zero-order chi connectivity index (χ0) is 14.4. The molecule has 0 aliphatic rings. The molecule has 1 atom stereocenters. The molecule has 0 spiro atoms. The third kappa shape index (κ3) is 5.11. The highest BCUT2D eigenvalue weighted by Crippen LogP contribution is 2.31. The van der Waals surface area contributed by atoms with Gasteiger partial charge in [-0.25, -0.2) is 0 Å². The van der Waals surface area contributed by atoms with Crippen LogP contribution >= 0.6 is 15.9 Å². The van der Waals surface area contributed by atoms with Gasteiger partial charge >= 0.3 is 0 Å². The Balaban J connectivity index is 2.54. The maximum atomic E-state index is 11.9. The van der Waals surface area contributed by atoms with Gasteiger partial charge in [0.25, 0.3) is 5.91 Å². The SMILES string of the molecule is CC(C)CCNC(=O)C(C)Oc1c(N)cccc1Br. The summed E-state index contributed by atoms with van der Waals surface area (Å²) in [5.74, 6) is 0.945. The summed E-state index contributed by atoms with van der Waals surface area (Å²) in [7, 11) is 0. The van der Waals surface area contributed by atoms with Crippen molar-refractivity contribution in [3.05, 3.63) is 22.7 Å². The van der Waals surface area contributed by atoms with E-state index in [1.165, 1.54) is 0 Å². The Bertz CT molecular complexity index is 415. The first-order valence-corrected chi connectivity index (χ1v) is 7.19. The number of nitrogens with two attached hydrogens (primary N) is 1. The first-order valence-electron chi connectivity index (χ1n) is 6.40. The fourth-order valence-electron chi connectivity index (χ4n) is 1.51. The molecule has 0 saturated carbocycles. The van der Waals surface area contributed by atoms with Crippen LogP contribution in [0.1, 0.15) is 27.2 Å². The summed E-state index contributed by atoms with van der Waals surface area (Å²) in [6, 6.07) is 5.39. The van der Waals surface area contributed by atoms with Gasteiger partial charge in [0, 0.05) is 6.54 Å². The van der Waals surface area contributed by atoms with Crippen molar-refractivity contribution in [3.8, 4) is 5.75 Å². The van der Waals surface area contributed by atoms with E-state index in [1.54, 1.807) is 13.0 Å². The number of nitrogens with one attached hydrogen (secondary N) is 1. The minimum absolute atomic E-state index is 0.129. The zero-order valence-corrected chi connectivity index (χ0v) is 13.2. The minimum atomic E-state index is -0.576. The Morgan fingerprint density at radius 3 is 2.68 bits per heavy atom. The predicted molar refractivity (Wildman–Crippen MR) is 81.1 cm³/mol. The van der Waals surface area contributed by atoms with Gasteiger partial charge in [-0.3, -0.25) is 4.79 Å². The summed E-state index contributed by atoms with van der Waals surface area (Å²) in [6.07, 6.45) is 0.378. The molecule has 1 aromatic rings. The number of hydrogen-bond donors (Lipinski definition) is 2. The summed E-state index contributed by atoms with van der Waals surface area (Å²) in [5.41, 5.74) is 6.33. The Kier molecular flexibility index (Phi) is 6.15. The number of amides is 1. The van der Waals surface area contributed by atoms with Crippen molar-refractivity contribution in [1.82, 2.24) is 5.32 Å². The molecule has 1 rings (SSSR count). The number of hydrogen-bond acceptors (Lipinski definition) is 3. The molecule has 0 bridgehead atoms. The van der Waals surface area contributed by atoms with E-state index in [4.69, 9.17) is 10.5 Å². The van der Waals surface area contributed by atoms with Crippen LogP contribution in [0.15, 0.2) is 22.7 Å². The van der Waals surface area contributed by atoms with Gasteiger partial charge in [0.1, 0.15) is 0 Å². The monoisotopic (exact) mass is 328 g/mol. The van der Waals surface area contributed by atoms with E-state index < -0.39 is 6.10 Å². The van der Waals surface area contributed by atoms with Gasteiger partial charge < -0.3 is 15.8 Å². The highest BCUT2D eigenvalue weighted by atomic mass is 79.9. The highest BCUT2D eigenvalue weighted by Gasteiger charge is 2.17. The molecule has 0 heterocycles. The molecule has 1 amide bonds. The molecule has 3 N–H and O–H groups in total. The lowest BCUT2D eigenvalue weighted by atomic mass is 10.1. The first-order chi connectivity index (χ1) is 8.91. The van der Waals surface area contributed by atoms with Crippen LogP contribution in [0.4, 0.5) is 5.69 Å². The van der Waals surface area contributed by atoms with Gasteiger partial charge in [-0.05, 0) is 47.3 Å². The van der Waals surface area contributed by atoms with Crippen molar-refractivity contribution in [2.45, 2.75) is 33.3 Å². The molecule has 0 aromatic heterocycles. The predicted octanol–water partition coefficient (Wildman–Crippen LogP) is 2.96. The molecule has 19 heavy (non-hydrogen) atoms. The lowest BCUT2D eigenvalue weighted by Crippen LogP contribution is -2.37. The van der Waals surface area contributed by atoms with Gasteiger partial charge in [0.05, 0.1) is 10.2 Å². The molecule has 1 unspecified atom stereocenters. The molecule has 5 heteroatoms. The maximum absolute atomic E-state index is 11.9. The molecule has 0 aliphatic carbocycles. The smallest absolute Gasteiger partial charge is 0.260 e. The number of anilines is 1. The maximum Gasteiger partial charge on any atom is 0.260 e. The molecular weight excluding hydrogens is 308 g/mol. The van der Waals surface area contributed by atoms with Crippen molar-refractivity contribution in [3.63, 3.8) is 0 Å². The lowest BCUT2D eigenvalue weighted by molar-refractivity contribution is -0.127. The van der Waals surface area contributed by atoms with Crippen molar-refractivity contribution in [2.24, 2.45) is 5.92 Å². The third-order valence-electron chi connectivity index (χ3n) is 2.68. The van der Waals surface area contributed by atoms with Gasteiger partial charge in [0.2, 0.25) is 0 Å². The fraction of sp³-hybridized carbons (Fsp3) is 0.500. The second kappa shape index (κ2) is 7.38. The summed E-state index contributed by atoms with van der Waals surface area (Å²) >= 11 is 3.36. The Morgan fingerprint density at radius 2 is 2.11 bits per heavy atom. The molecule has 4 nitrogen and oxygen atoms in total. The third-order valence-corrected chi connectivity index (χ3v) is 3.31. The Labute approximate surface area is 122 Å². The summed E-state index contributed by atoms with van der Waals surface area (Å²) in [4.78, 5) is 11.9. The van der Waals surface area contributed by atoms with E-state index in [1.807, 2.05) is 12.1 Å². The van der Waals surface area contributed by atoms with Crippen LogP contribution in [-0.2, 0) is 4.79 Å². The summed E-state index contributed by atoms with van der Waals surface area (Å²) in [5, 5.41) is 2.85. The Hall–Kier alpha value is -1.23. The topological polar surface area (TPSA) is 64.3 Å². The van der Waals surface area contributed by atoms with Crippen molar-refractivity contribution in [2.75, 3.05) is 12.3 Å². The van der Waals surface area contributed by atoms with Gasteiger partial charge in [0.15, 0.2) is 11.9 Å². The molecule has 0 fully saturated rings. The lowest BCUT2D eigenvalue weighted by Gasteiger charge is -2.17. The molecule has 0 radical (unpaired) electrons. The fourth-order valence-corrected chi connectivity index (χ4v) is 1.98. The molecule has 106 valence electrons. The average Bonchev–Trinajstić information content (AvgIpc) is 2.33. The summed E-state index contributed by atoms with van der Waals surface area (Å²) in [6.45, 7) is 6.61. The van der Waals surface area contributed by atoms with E-state index >= 15 is 0 Å². The largest absolute Gasteiger partial charge is 0.478 e. The minimum Gasteiger partial charge on any atom is -0.478 e. The van der Waals surface area contributed by atoms with Gasteiger partial charge in [-0.15, -0.1) is 0 Å². The zero-order valence-electron chi connectivity index (χ0n) is 11.6. The van der Waals surface area contributed by atoms with Crippen LogP contribution in [-0.4, -0.2) is 18.6 Å². The molecule has 0 aliphatic heterocycles. The number of rotatable bonds is 6. The number of benzene rings is 1. The number of carbonyl (C=O) groups excluding carboxylic acids is 1. The number of para-hydroxylation sites is 1. The van der Waals surface area contributed by atoms with Crippen LogP contribution < -0.4 is 15.8 Å². The van der Waals surface area contributed by atoms with E-state index in [9.17, 15) is 4.79 Å². The molecule has 1 aromatic carbocycles. The van der Waals surface area contributed by atoms with E-state index in [2.05, 4.69) is 35.1 Å². The quantitative estimate of drug-likeness (QED) is 0.789. The number of nitrogen functional groups attached to an aromatic ring is 1. The van der Waals surface area contributed by atoms with E-state index in [-0.39, 0.29) is 5.91 Å². The van der Waals surface area contributed by atoms with Crippen LogP contribution in [0, 0.1) is 5.92 Å². The van der Waals surface area contributed by atoms with Crippen molar-refractivity contribution >= 4 is 27.5 Å². The number of ether oxygens (including phenoxy) is 1. The van der Waals surface area contributed by atoms with Crippen LogP contribution in [0.2, 0.25) is 0 Å². The normalized spacial score (nSPS) is 12.3. The van der Waals surface area contributed by atoms with Gasteiger partial charge in [-0.2, -0.15) is 0 Å². The molecule has 0 saturated heterocycles. The average molecular weight is 329 g/mol. The van der Waals surface area contributed by atoms with Crippen LogP contribution in [0.3, 0.4) is 0 Å². The number of carbonyl (C=O) groups is 1. The summed E-state index contributed by atoms with van der Waals surface area (Å²) < 4.78 is 6.36. The molecular formula is C14H21BrN2O2. The van der Waals surface area contributed by atoms with Crippen molar-refractivity contribution in [1.29, 1.82) is 0 Å². The van der Waals surface area contributed by atoms with Crippen molar-refractivity contribution < 1.29 is 9.53 Å². The van der Waals surface area contributed by atoms with E-state index in [0.717, 1.165) is 10.9 Å². The second-order valence-electron chi connectivity index (χ2n) is 4.89. The second-order valence-corrected chi connectivity index (χ2v) is 5.75. The van der Waals surface area contributed by atoms with Crippen LogP contribution in [0.5, 0.6) is 5.75 Å². The highest BCUT2D eigenvalue weighted by molar-refractivity contribution is 9.10. The Morgan fingerprint density at radius 1 is 1.42 bits per heavy atom. The standard InChI is InChI=1S/C14H21BrN2O2/c1-9(2)7-8-17-14(18)10(3)19-13-11(15)5-4-6-12(13)16/h4-6,9-10H,7-8,16H2,1-3H3,(H,17,18). The first kappa shape index (κ1) is 15.8. The number of halogens is 1. The van der Waals surface area contributed by atoms with Crippen LogP contribution in [0.25, 0.3) is 0 Å². The van der Waals surface area contributed by atoms with E-state index in [0.29, 0.717) is 23.9 Å².